The maximum absolute atomic E-state index is 12.0. The van der Waals surface area contributed by atoms with Crippen molar-refractivity contribution in [3.63, 3.8) is 0 Å². The normalized spacial score (nSPS) is 11.1. The molecule has 3 N–H and O–H groups in total. The summed E-state index contributed by atoms with van der Waals surface area (Å²) in [7, 11) is -3.81. The molecular formula is C11H9ClN4O3S. The molecule has 0 aliphatic rings. The van der Waals surface area contributed by atoms with Gasteiger partial charge in [0.25, 0.3) is 10.0 Å². The third-order valence-electron chi connectivity index (χ3n) is 2.33. The maximum atomic E-state index is 12.0. The summed E-state index contributed by atoms with van der Waals surface area (Å²) in [4.78, 5) is 18.0. The Hall–Kier alpha value is -2.19. The van der Waals surface area contributed by atoms with Gasteiger partial charge in [-0.05, 0) is 35.9 Å². The quantitative estimate of drug-likeness (QED) is 0.818. The van der Waals surface area contributed by atoms with Gasteiger partial charge < -0.3 is 5.73 Å². The van der Waals surface area contributed by atoms with Crippen LogP contribution < -0.4 is 10.5 Å². The first-order valence-electron chi connectivity index (χ1n) is 5.29. The average Bonchev–Trinajstić information content (AvgIpc) is 2.39. The minimum absolute atomic E-state index is 0.0465. The zero-order valence-electron chi connectivity index (χ0n) is 9.95. The van der Waals surface area contributed by atoms with Crippen LogP contribution in [-0.2, 0) is 10.0 Å². The van der Waals surface area contributed by atoms with Crippen LogP contribution in [0.1, 0.15) is 10.4 Å². The van der Waals surface area contributed by atoms with Crippen LogP contribution >= 0.6 is 11.6 Å². The third kappa shape index (κ3) is 3.22. The number of nitrogens with zero attached hydrogens (tertiary/aromatic N) is 2. The van der Waals surface area contributed by atoms with Crippen LogP contribution in [0.4, 0.5) is 5.69 Å². The van der Waals surface area contributed by atoms with Crippen LogP contribution in [-0.4, -0.2) is 24.3 Å². The number of benzene rings is 1. The molecule has 0 spiro atoms. The molecular weight excluding hydrogens is 304 g/mol. The summed E-state index contributed by atoms with van der Waals surface area (Å²) in [5.41, 5.74) is 5.65. The van der Waals surface area contributed by atoms with Gasteiger partial charge in [-0.2, -0.15) is 0 Å². The van der Waals surface area contributed by atoms with E-state index in [1.807, 2.05) is 0 Å². The first-order valence-corrected chi connectivity index (χ1v) is 7.15. The summed E-state index contributed by atoms with van der Waals surface area (Å²) in [6.07, 6.45) is 2.19. The summed E-state index contributed by atoms with van der Waals surface area (Å²) < 4.78 is 26.3. The summed E-state index contributed by atoms with van der Waals surface area (Å²) in [5.74, 6) is -0.592. The van der Waals surface area contributed by atoms with E-state index >= 15 is 0 Å². The van der Waals surface area contributed by atoms with Crippen LogP contribution in [0.3, 0.4) is 0 Å². The van der Waals surface area contributed by atoms with Gasteiger partial charge in [-0.25, -0.2) is 18.4 Å². The summed E-state index contributed by atoms with van der Waals surface area (Å²) in [6, 6.07) is 5.68. The van der Waals surface area contributed by atoms with Crippen LogP contribution in [0.25, 0.3) is 0 Å². The first kappa shape index (κ1) is 14.2. The molecule has 0 saturated carbocycles. The summed E-state index contributed by atoms with van der Waals surface area (Å²) in [6.45, 7) is 0. The number of hydrogen-bond donors (Lipinski definition) is 2. The van der Waals surface area contributed by atoms with Gasteiger partial charge in [-0.15, -0.1) is 0 Å². The zero-order chi connectivity index (χ0) is 14.8. The molecule has 2 aromatic rings. The van der Waals surface area contributed by atoms with Crippen molar-refractivity contribution in [2.75, 3.05) is 4.72 Å². The van der Waals surface area contributed by atoms with Gasteiger partial charge in [-0.3, -0.25) is 9.52 Å². The van der Waals surface area contributed by atoms with Gasteiger partial charge in [0.1, 0.15) is 4.90 Å². The molecule has 0 bridgehead atoms. The Labute approximate surface area is 119 Å². The van der Waals surface area contributed by atoms with Crippen molar-refractivity contribution in [3.05, 3.63) is 47.5 Å². The standard InChI is InChI=1S/C11H9ClN4O3S/c12-11-14-5-9(6-15-11)20(18,19)16-8-3-1-7(2-4-8)10(13)17/h1-6,16H,(H2,13,17). The van der Waals surface area contributed by atoms with Gasteiger partial charge in [-0.1, -0.05) is 0 Å². The minimum Gasteiger partial charge on any atom is -0.366 e. The molecule has 1 aromatic carbocycles. The zero-order valence-corrected chi connectivity index (χ0v) is 11.5. The van der Waals surface area contributed by atoms with E-state index < -0.39 is 15.9 Å². The van der Waals surface area contributed by atoms with E-state index in [-0.39, 0.29) is 21.4 Å². The number of nitrogens with one attached hydrogen (secondary N) is 1. The number of sulfonamides is 1. The van der Waals surface area contributed by atoms with E-state index in [1.165, 1.54) is 24.3 Å². The van der Waals surface area contributed by atoms with Crippen molar-refractivity contribution < 1.29 is 13.2 Å². The fourth-order valence-electron chi connectivity index (χ4n) is 1.36. The summed E-state index contributed by atoms with van der Waals surface area (Å²) >= 11 is 5.49. The minimum atomic E-state index is -3.81. The number of aromatic nitrogens is 2. The molecule has 7 nitrogen and oxygen atoms in total. The SMILES string of the molecule is NC(=O)c1ccc(NS(=O)(=O)c2cnc(Cl)nc2)cc1. The molecule has 9 heteroatoms. The predicted molar refractivity (Wildman–Crippen MR) is 72.8 cm³/mol. The second-order valence-corrected chi connectivity index (χ2v) is 5.76. The lowest BCUT2D eigenvalue weighted by molar-refractivity contribution is 0.100. The number of carbonyl (C=O) groups excluding carboxylic acids is 1. The second kappa shape index (κ2) is 5.43. The average molecular weight is 313 g/mol. The fourth-order valence-corrected chi connectivity index (χ4v) is 2.40. The molecule has 0 radical (unpaired) electrons. The number of carbonyl (C=O) groups is 1. The van der Waals surface area contributed by atoms with Gasteiger partial charge in [0, 0.05) is 11.3 Å². The van der Waals surface area contributed by atoms with Crippen molar-refractivity contribution in [3.8, 4) is 0 Å². The van der Waals surface area contributed by atoms with Crippen molar-refractivity contribution in [1.82, 2.24) is 9.97 Å². The Kier molecular flexibility index (Phi) is 3.86. The highest BCUT2D eigenvalue weighted by atomic mass is 35.5. The van der Waals surface area contributed by atoms with E-state index in [9.17, 15) is 13.2 Å². The van der Waals surface area contributed by atoms with E-state index in [0.717, 1.165) is 12.4 Å². The molecule has 1 heterocycles. The van der Waals surface area contributed by atoms with Crippen LogP contribution in [0.2, 0.25) is 5.28 Å². The highest BCUT2D eigenvalue weighted by molar-refractivity contribution is 7.92. The predicted octanol–water partition coefficient (Wildman–Crippen LogP) is 1.03. The number of rotatable bonds is 4. The molecule has 2 rings (SSSR count). The molecule has 0 atom stereocenters. The molecule has 0 aliphatic carbocycles. The maximum Gasteiger partial charge on any atom is 0.264 e. The summed E-state index contributed by atoms with van der Waals surface area (Å²) in [5, 5.41) is -0.0465. The van der Waals surface area contributed by atoms with Crippen LogP contribution in [0.5, 0.6) is 0 Å². The van der Waals surface area contributed by atoms with Crippen LogP contribution in [0, 0.1) is 0 Å². The number of hydrogen-bond acceptors (Lipinski definition) is 5. The lowest BCUT2D eigenvalue weighted by Crippen LogP contribution is -2.14. The molecule has 1 aromatic heterocycles. The Morgan fingerprint density at radius 1 is 1.15 bits per heavy atom. The molecule has 0 aliphatic heterocycles. The number of halogens is 1. The molecule has 20 heavy (non-hydrogen) atoms. The smallest absolute Gasteiger partial charge is 0.264 e. The Balaban J connectivity index is 2.24. The van der Waals surface area contributed by atoms with E-state index in [1.54, 1.807) is 0 Å². The first-order chi connectivity index (χ1) is 9.38. The molecule has 0 fully saturated rings. The van der Waals surface area contributed by atoms with Gasteiger partial charge >= 0.3 is 0 Å². The van der Waals surface area contributed by atoms with Gasteiger partial charge in [0.15, 0.2) is 0 Å². The van der Waals surface area contributed by atoms with E-state index in [4.69, 9.17) is 17.3 Å². The third-order valence-corrected chi connectivity index (χ3v) is 3.86. The number of anilines is 1. The second-order valence-electron chi connectivity index (χ2n) is 3.73. The Bertz CT molecular complexity index is 729. The van der Waals surface area contributed by atoms with E-state index in [2.05, 4.69) is 14.7 Å². The van der Waals surface area contributed by atoms with Gasteiger partial charge in [0.2, 0.25) is 11.2 Å². The van der Waals surface area contributed by atoms with Crippen molar-refractivity contribution in [1.29, 1.82) is 0 Å². The monoisotopic (exact) mass is 312 g/mol. The molecule has 0 saturated heterocycles. The molecule has 104 valence electrons. The Morgan fingerprint density at radius 2 is 1.70 bits per heavy atom. The number of amides is 1. The van der Waals surface area contributed by atoms with Crippen molar-refractivity contribution in [2.45, 2.75) is 4.90 Å². The van der Waals surface area contributed by atoms with Gasteiger partial charge in [0.05, 0.1) is 12.4 Å². The molecule has 0 unspecified atom stereocenters. The van der Waals surface area contributed by atoms with Crippen molar-refractivity contribution >= 4 is 33.2 Å². The largest absolute Gasteiger partial charge is 0.366 e. The lowest BCUT2D eigenvalue weighted by atomic mass is 10.2. The topological polar surface area (TPSA) is 115 Å². The Morgan fingerprint density at radius 3 is 2.20 bits per heavy atom. The fraction of sp³-hybridized carbons (Fsp3) is 0. The highest BCUT2D eigenvalue weighted by Gasteiger charge is 2.15. The van der Waals surface area contributed by atoms with Crippen LogP contribution in [0.15, 0.2) is 41.6 Å². The van der Waals surface area contributed by atoms with E-state index in [0.29, 0.717) is 0 Å². The molecule has 1 amide bonds. The van der Waals surface area contributed by atoms with Crippen molar-refractivity contribution in [2.24, 2.45) is 5.73 Å². The number of primary amides is 1. The lowest BCUT2D eigenvalue weighted by Gasteiger charge is -2.07. The highest BCUT2D eigenvalue weighted by Crippen LogP contribution is 2.16. The number of nitrogens with two attached hydrogens (primary N) is 1.